The van der Waals surface area contributed by atoms with Crippen molar-refractivity contribution in [3.63, 3.8) is 0 Å². The molecule has 1 aromatic carbocycles. The third kappa shape index (κ3) is 3.01. The zero-order valence-electron chi connectivity index (χ0n) is 11.9. The van der Waals surface area contributed by atoms with Gasteiger partial charge in [-0.2, -0.15) is 0 Å². The number of aliphatic hydroxyl groups excluding tert-OH is 1. The molecule has 19 heavy (non-hydrogen) atoms. The summed E-state index contributed by atoms with van der Waals surface area (Å²) in [6.45, 7) is 4.20. The van der Waals surface area contributed by atoms with Crippen LogP contribution in [0.4, 0.5) is 0 Å². The molecule has 0 radical (unpaired) electrons. The average Bonchev–Trinajstić information content (AvgIpc) is 2.80. The van der Waals surface area contributed by atoms with Gasteiger partial charge in [0.2, 0.25) is 0 Å². The Bertz CT molecular complexity index is 422. The van der Waals surface area contributed by atoms with E-state index in [-0.39, 0.29) is 6.61 Å². The van der Waals surface area contributed by atoms with E-state index < -0.39 is 0 Å². The standard InChI is InChI=1S/C15H23NO3/c1-11-8-13(10-16(11)6-7-17)12-4-5-14(18-2)15(9-12)19-3/h4-5,9,11,13,17H,6-8,10H2,1-3H3. The predicted octanol–water partition coefficient (Wildman–Crippen LogP) is 1.87. The fraction of sp³-hybridized carbons (Fsp3) is 0.600. The minimum atomic E-state index is 0.225. The van der Waals surface area contributed by atoms with Crippen molar-refractivity contribution in [3.8, 4) is 11.5 Å². The summed E-state index contributed by atoms with van der Waals surface area (Å²) < 4.78 is 10.6. The van der Waals surface area contributed by atoms with Crippen LogP contribution in [0.3, 0.4) is 0 Å². The lowest BCUT2D eigenvalue weighted by molar-refractivity contribution is 0.191. The minimum absolute atomic E-state index is 0.225. The number of ether oxygens (including phenoxy) is 2. The molecule has 1 fully saturated rings. The van der Waals surface area contributed by atoms with Crippen LogP contribution in [0.1, 0.15) is 24.8 Å². The molecule has 1 heterocycles. The van der Waals surface area contributed by atoms with Crippen LogP contribution in [-0.4, -0.2) is 50.0 Å². The monoisotopic (exact) mass is 265 g/mol. The van der Waals surface area contributed by atoms with Crippen molar-refractivity contribution in [1.29, 1.82) is 0 Å². The highest BCUT2D eigenvalue weighted by molar-refractivity contribution is 5.44. The van der Waals surface area contributed by atoms with Crippen molar-refractivity contribution in [2.75, 3.05) is 33.9 Å². The largest absolute Gasteiger partial charge is 0.493 e. The Morgan fingerprint density at radius 3 is 2.63 bits per heavy atom. The Hall–Kier alpha value is -1.26. The first-order valence-electron chi connectivity index (χ1n) is 6.76. The van der Waals surface area contributed by atoms with Gasteiger partial charge < -0.3 is 14.6 Å². The number of rotatable bonds is 5. The first-order chi connectivity index (χ1) is 9.19. The topological polar surface area (TPSA) is 41.9 Å². The smallest absolute Gasteiger partial charge is 0.160 e. The zero-order chi connectivity index (χ0) is 13.8. The second-order valence-corrected chi connectivity index (χ2v) is 5.11. The highest BCUT2D eigenvalue weighted by atomic mass is 16.5. The number of likely N-dealkylation sites (tertiary alicyclic amines) is 1. The van der Waals surface area contributed by atoms with Crippen molar-refractivity contribution >= 4 is 0 Å². The van der Waals surface area contributed by atoms with Crippen LogP contribution >= 0.6 is 0 Å². The number of nitrogens with zero attached hydrogens (tertiary/aromatic N) is 1. The van der Waals surface area contributed by atoms with Crippen molar-refractivity contribution in [3.05, 3.63) is 23.8 Å². The molecule has 4 heteroatoms. The van der Waals surface area contributed by atoms with E-state index >= 15 is 0 Å². The number of methoxy groups -OCH3 is 2. The predicted molar refractivity (Wildman–Crippen MR) is 75.0 cm³/mol. The second kappa shape index (κ2) is 6.26. The number of β-amino-alcohol motifs (C(OH)–C–C–N with tert-alkyl or cyclic N) is 1. The van der Waals surface area contributed by atoms with Gasteiger partial charge in [0.25, 0.3) is 0 Å². The minimum Gasteiger partial charge on any atom is -0.493 e. The molecule has 2 atom stereocenters. The number of hydrogen-bond donors (Lipinski definition) is 1. The second-order valence-electron chi connectivity index (χ2n) is 5.11. The molecule has 0 aliphatic carbocycles. The summed E-state index contributed by atoms with van der Waals surface area (Å²) in [6, 6.07) is 6.66. The van der Waals surface area contributed by atoms with Gasteiger partial charge in [0.1, 0.15) is 0 Å². The Balaban J connectivity index is 2.15. The third-order valence-electron chi connectivity index (χ3n) is 3.97. The van der Waals surface area contributed by atoms with Crippen LogP contribution in [0.5, 0.6) is 11.5 Å². The quantitative estimate of drug-likeness (QED) is 0.882. The summed E-state index contributed by atoms with van der Waals surface area (Å²) in [6.07, 6.45) is 1.12. The number of aliphatic hydroxyl groups is 1. The van der Waals surface area contributed by atoms with Crippen molar-refractivity contribution < 1.29 is 14.6 Å². The summed E-state index contributed by atoms with van der Waals surface area (Å²) in [5.74, 6) is 2.05. The molecule has 0 saturated carbocycles. The van der Waals surface area contributed by atoms with Crippen LogP contribution in [0, 0.1) is 0 Å². The van der Waals surface area contributed by atoms with E-state index in [0.717, 1.165) is 31.0 Å². The highest BCUT2D eigenvalue weighted by Gasteiger charge is 2.29. The van der Waals surface area contributed by atoms with Gasteiger partial charge in [0.05, 0.1) is 20.8 Å². The molecule has 2 unspecified atom stereocenters. The van der Waals surface area contributed by atoms with Gasteiger partial charge in [0, 0.05) is 19.1 Å². The molecule has 4 nitrogen and oxygen atoms in total. The van der Waals surface area contributed by atoms with Gasteiger partial charge in [-0.1, -0.05) is 6.07 Å². The van der Waals surface area contributed by atoms with E-state index in [0.29, 0.717) is 12.0 Å². The van der Waals surface area contributed by atoms with Crippen LogP contribution in [0.15, 0.2) is 18.2 Å². The van der Waals surface area contributed by atoms with E-state index in [2.05, 4.69) is 24.0 Å². The lowest BCUT2D eigenvalue weighted by atomic mass is 9.96. The molecule has 0 aromatic heterocycles. The van der Waals surface area contributed by atoms with Crippen LogP contribution in [0.25, 0.3) is 0 Å². The summed E-state index contributed by atoms with van der Waals surface area (Å²) in [4.78, 5) is 2.33. The molecular formula is C15H23NO3. The van der Waals surface area contributed by atoms with E-state index in [9.17, 15) is 0 Å². The Morgan fingerprint density at radius 1 is 1.26 bits per heavy atom. The van der Waals surface area contributed by atoms with Crippen LogP contribution in [0.2, 0.25) is 0 Å². The molecule has 2 rings (SSSR count). The normalized spacial score (nSPS) is 23.6. The highest BCUT2D eigenvalue weighted by Crippen LogP contribution is 2.36. The zero-order valence-corrected chi connectivity index (χ0v) is 11.9. The van der Waals surface area contributed by atoms with Gasteiger partial charge in [-0.3, -0.25) is 4.90 Å². The summed E-state index contributed by atoms with van der Waals surface area (Å²) in [5, 5.41) is 9.07. The van der Waals surface area contributed by atoms with Gasteiger partial charge in [-0.25, -0.2) is 0 Å². The van der Waals surface area contributed by atoms with Gasteiger partial charge >= 0.3 is 0 Å². The third-order valence-corrected chi connectivity index (χ3v) is 3.97. The van der Waals surface area contributed by atoms with Gasteiger partial charge in [-0.05, 0) is 37.0 Å². The maximum Gasteiger partial charge on any atom is 0.160 e. The molecule has 0 bridgehead atoms. The SMILES string of the molecule is COc1ccc(C2CC(C)N(CCO)C2)cc1OC. The Morgan fingerprint density at radius 2 is 2.00 bits per heavy atom. The van der Waals surface area contributed by atoms with E-state index in [1.54, 1.807) is 14.2 Å². The van der Waals surface area contributed by atoms with Crippen LogP contribution < -0.4 is 9.47 Å². The molecule has 106 valence electrons. The molecule has 1 aliphatic heterocycles. The van der Waals surface area contributed by atoms with Gasteiger partial charge in [0.15, 0.2) is 11.5 Å². The average molecular weight is 265 g/mol. The van der Waals surface area contributed by atoms with Crippen molar-refractivity contribution in [1.82, 2.24) is 4.90 Å². The van der Waals surface area contributed by atoms with E-state index in [4.69, 9.17) is 14.6 Å². The van der Waals surface area contributed by atoms with Crippen molar-refractivity contribution in [2.45, 2.75) is 25.3 Å². The molecule has 0 spiro atoms. The van der Waals surface area contributed by atoms with E-state index in [1.807, 2.05) is 6.07 Å². The summed E-state index contributed by atoms with van der Waals surface area (Å²) >= 11 is 0. The molecule has 1 aliphatic rings. The maximum atomic E-state index is 9.07. The molecular weight excluding hydrogens is 242 g/mol. The lowest BCUT2D eigenvalue weighted by Crippen LogP contribution is -2.29. The molecule has 0 amide bonds. The fourth-order valence-electron chi connectivity index (χ4n) is 2.89. The summed E-state index contributed by atoms with van der Waals surface area (Å²) in [5.41, 5.74) is 1.28. The van der Waals surface area contributed by atoms with Crippen molar-refractivity contribution in [2.24, 2.45) is 0 Å². The first-order valence-corrected chi connectivity index (χ1v) is 6.76. The molecule has 1 N–H and O–H groups in total. The molecule has 1 saturated heterocycles. The fourth-order valence-corrected chi connectivity index (χ4v) is 2.89. The Kier molecular flexibility index (Phi) is 4.66. The van der Waals surface area contributed by atoms with E-state index in [1.165, 1.54) is 5.56 Å². The van der Waals surface area contributed by atoms with Gasteiger partial charge in [-0.15, -0.1) is 0 Å². The Labute approximate surface area is 114 Å². The number of benzene rings is 1. The van der Waals surface area contributed by atoms with Crippen LogP contribution in [-0.2, 0) is 0 Å². The lowest BCUT2D eigenvalue weighted by Gasteiger charge is -2.19. The number of hydrogen-bond acceptors (Lipinski definition) is 4. The first kappa shape index (κ1) is 14.2. The maximum absolute atomic E-state index is 9.07. The summed E-state index contributed by atoms with van der Waals surface area (Å²) in [7, 11) is 3.31. The molecule has 1 aromatic rings.